The van der Waals surface area contributed by atoms with E-state index in [1.54, 1.807) is 0 Å². The number of nitrogens with two attached hydrogens (primary N) is 1. The second-order valence-electron chi connectivity index (χ2n) is 4.14. The molecule has 1 fully saturated rings. The summed E-state index contributed by atoms with van der Waals surface area (Å²) < 4.78 is 39.3. The smallest absolute Gasteiger partial charge is 0.237 e. The number of carbonyl (C=O) groups is 1. The van der Waals surface area contributed by atoms with Crippen molar-refractivity contribution in [1.29, 1.82) is 0 Å². The lowest BCUT2D eigenvalue weighted by molar-refractivity contribution is -0.119. The van der Waals surface area contributed by atoms with Gasteiger partial charge in [-0.15, -0.1) is 0 Å². The van der Waals surface area contributed by atoms with Gasteiger partial charge in [-0.2, -0.15) is 0 Å². The fraction of sp³-hybridized carbons (Fsp3) is 0.273. The van der Waals surface area contributed by atoms with Gasteiger partial charge in [0.1, 0.15) is 11.5 Å². The average molecular weight is 274 g/mol. The Morgan fingerprint density at radius 1 is 1.28 bits per heavy atom. The van der Waals surface area contributed by atoms with Crippen LogP contribution in [-0.2, 0) is 4.79 Å². The summed E-state index contributed by atoms with van der Waals surface area (Å²) in [7, 11) is 0. The number of hydrogen-bond donors (Lipinski definition) is 2. The van der Waals surface area contributed by atoms with E-state index in [1.165, 1.54) is 0 Å². The third-order valence-electron chi connectivity index (χ3n) is 2.90. The highest BCUT2D eigenvalue weighted by molar-refractivity contribution is 7.80. The average Bonchev–Trinajstić information content (AvgIpc) is 3.03. The first-order valence-electron chi connectivity index (χ1n) is 5.13. The van der Waals surface area contributed by atoms with Crippen LogP contribution in [0, 0.1) is 22.9 Å². The van der Waals surface area contributed by atoms with Crippen LogP contribution in [0.1, 0.15) is 12.8 Å². The number of carbonyl (C=O) groups excluding carboxylic acids is 1. The highest BCUT2D eigenvalue weighted by Crippen LogP contribution is 2.47. The van der Waals surface area contributed by atoms with Gasteiger partial charge in [0.15, 0.2) is 11.6 Å². The van der Waals surface area contributed by atoms with E-state index in [2.05, 4.69) is 5.32 Å². The molecule has 7 heteroatoms. The van der Waals surface area contributed by atoms with Crippen molar-refractivity contribution in [3.05, 3.63) is 29.6 Å². The van der Waals surface area contributed by atoms with Crippen LogP contribution < -0.4 is 11.1 Å². The zero-order valence-corrected chi connectivity index (χ0v) is 9.91. The molecule has 0 spiro atoms. The number of thiocarbonyl (C=S) groups is 1. The number of hydrogen-bond acceptors (Lipinski definition) is 2. The lowest BCUT2D eigenvalue weighted by Crippen LogP contribution is -2.35. The van der Waals surface area contributed by atoms with Gasteiger partial charge in [0, 0.05) is 12.1 Å². The van der Waals surface area contributed by atoms with Gasteiger partial charge in [-0.25, -0.2) is 13.2 Å². The first-order valence-corrected chi connectivity index (χ1v) is 5.53. The van der Waals surface area contributed by atoms with E-state index in [0.29, 0.717) is 25.0 Å². The third kappa shape index (κ3) is 2.05. The Morgan fingerprint density at radius 2 is 1.78 bits per heavy atom. The molecule has 2 rings (SSSR count). The molecule has 0 bridgehead atoms. The molecule has 18 heavy (non-hydrogen) atoms. The Labute approximate surface area is 106 Å². The molecule has 0 aromatic heterocycles. The SMILES string of the molecule is NC(=S)C1(C(=O)Nc2c(F)cc(F)cc2F)CC1. The highest BCUT2D eigenvalue weighted by atomic mass is 32.1. The van der Waals surface area contributed by atoms with Crippen LogP contribution in [0.25, 0.3) is 0 Å². The largest absolute Gasteiger partial charge is 0.392 e. The minimum absolute atomic E-state index is 0.0112. The van der Waals surface area contributed by atoms with E-state index in [4.69, 9.17) is 18.0 Å². The Hall–Kier alpha value is -1.63. The van der Waals surface area contributed by atoms with Crippen LogP contribution in [0.15, 0.2) is 12.1 Å². The molecule has 0 unspecified atom stereocenters. The summed E-state index contributed by atoms with van der Waals surface area (Å²) in [6.07, 6.45) is 0.886. The molecule has 96 valence electrons. The lowest BCUT2D eigenvalue weighted by atomic mass is 10.1. The van der Waals surface area contributed by atoms with E-state index in [9.17, 15) is 18.0 Å². The number of amides is 1. The van der Waals surface area contributed by atoms with Crippen LogP contribution in [-0.4, -0.2) is 10.9 Å². The highest BCUT2D eigenvalue weighted by Gasteiger charge is 2.53. The first kappa shape index (κ1) is 12.8. The fourth-order valence-corrected chi connectivity index (χ4v) is 1.90. The molecule has 1 aliphatic carbocycles. The van der Waals surface area contributed by atoms with Crippen molar-refractivity contribution in [2.24, 2.45) is 11.1 Å². The third-order valence-corrected chi connectivity index (χ3v) is 3.29. The predicted molar refractivity (Wildman–Crippen MR) is 63.4 cm³/mol. The van der Waals surface area contributed by atoms with Gasteiger partial charge in [0.25, 0.3) is 0 Å². The minimum atomic E-state index is -1.18. The van der Waals surface area contributed by atoms with Gasteiger partial charge >= 0.3 is 0 Å². The topological polar surface area (TPSA) is 55.1 Å². The van der Waals surface area contributed by atoms with Crippen molar-refractivity contribution < 1.29 is 18.0 Å². The van der Waals surface area contributed by atoms with Crippen LogP contribution in [0.5, 0.6) is 0 Å². The number of rotatable bonds is 3. The van der Waals surface area contributed by atoms with Gasteiger partial charge in [-0.05, 0) is 12.8 Å². The van der Waals surface area contributed by atoms with Gasteiger partial charge < -0.3 is 11.1 Å². The molecule has 1 aliphatic rings. The summed E-state index contributed by atoms with van der Waals surface area (Å²) in [5.41, 5.74) is 3.69. The molecule has 1 amide bonds. The van der Waals surface area contributed by atoms with Gasteiger partial charge in [0.2, 0.25) is 5.91 Å². The predicted octanol–water partition coefficient (Wildman–Crippen LogP) is 2.11. The molecular formula is C11H9F3N2OS. The summed E-state index contributed by atoms with van der Waals surface area (Å²) >= 11 is 4.74. The Bertz CT molecular complexity index is 520. The van der Waals surface area contributed by atoms with Gasteiger partial charge in [0.05, 0.1) is 10.4 Å². The van der Waals surface area contributed by atoms with Crippen molar-refractivity contribution in [1.82, 2.24) is 0 Å². The number of halogens is 3. The number of nitrogens with one attached hydrogen (secondary N) is 1. The summed E-state index contributed by atoms with van der Waals surface area (Å²) in [6, 6.07) is 0.970. The monoisotopic (exact) mass is 274 g/mol. The maximum absolute atomic E-state index is 13.3. The molecule has 0 radical (unpaired) electrons. The lowest BCUT2D eigenvalue weighted by Gasteiger charge is -2.14. The summed E-state index contributed by atoms with van der Waals surface area (Å²) in [5, 5.41) is 2.07. The molecule has 1 aromatic rings. The molecule has 1 saturated carbocycles. The van der Waals surface area contributed by atoms with E-state index in [-0.39, 0.29) is 4.99 Å². The molecule has 0 heterocycles. The molecule has 3 N–H and O–H groups in total. The molecule has 0 aliphatic heterocycles. The summed E-state index contributed by atoms with van der Waals surface area (Å²) in [4.78, 5) is 11.8. The Balaban J connectivity index is 2.26. The summed E-state index contributed by atoms with van der Waals surface area (Å²) in [6.45, 7) is 0. The zero-order chi connectivity index (χ0) is 13.5. The van der Waals surface area contributed by atoms with Gasteiger partial charge in [-0.3, -0.25) is 4.79 Å². The number of anilines is 1. The van der Waals surface area contributed by atoms with Crippen LogP contribution in [0.3, 0.4) is 0 Å². The first-order chi connectivity index (χ1) is 8.36. The van der Waals surface area contributed by atoms with Crippen LogP contribution in [0.2, 0.25) is 0 Å². The quantitative estimate of drug-likeness (QED) is 0.830. The second-order valence-corrected chi connectivity index (χ2v) is 4.58. The zero-order valence-electron chi connectivity index (χ0n) is 9.10. The van der Waals surface area contributed by atoms with Crippen molar-refractivity contribution in [3.8, 4) is 0 Å². The maximum atomic E-state index is 13.3. The van der Waals surface area contributed by atoms with Gasteiger partial charge in [-0.1, -0.05) is 12.2 Å². The second kappa shape index (κ2) is 4.24. The molecular weight excluding hydrogens is 265 g/mol. The molecule has 0 atom stereocenters. The molecule has 1 aromatic carbocycles. The Kier molecular flexibility index (Phi) is 3.02. The normalized spacial score (nSPS) is 16.2. The van der Waals surface area contributed by atoms with Crippen LogP contribution >= 0.6 is 12.2 Å². The molecule has 0 saturated heterocycles. The van der Waals surface area contributed by atoms with Crippen molar-refractivity contribution in [3.63, 3.8) is 0 Å². The Morgan fingerprint density at radius 3 is 2.17 bits per heavy atom. The standard InChI is InChI=1S/C11H9F3N2OS/c12-5-3-6(13)8(7(14)4-5)16-10(17)11(1-2-11)9(15)18/h3-4H,1-2H2,(H2,15,18)(H,16,17). The van der Waals surface area contributed by atoms with Crippen molar-refractivity contribution in [2.75, 3.05) is 5.32 Å². The van der Waals surface area contributed by atoms with Crippen LogP contribution in [0.4, 0.5) is 18.9 Å². The molecule has 3 nitrogen and oxygen atoms in total. The van der Waals surface area contributed by atoms with E-state index < -0.39 is 34.5 Å². The minimum Gasteiger partial charge on any atom is -0.392 e. The maximum Gasteiger partial charge on any atom is 0.237 e. The van der Waals surface area contributed by atoms with Crippen molar-refractivity contribution >= 4 is 28.8 Å². The fourth-order valence-electron chi connectivity index (χ4n) is 1.61. The number of benzene rings is 1. The van der Waals surface area contributed by atoms with E-state index in [1.807, 2.05) is 0 Å². The summed E-state index contributed by atoms with van der Waals surface area (Å²) in [5.74, 6) is -4.09. The van der Waals surface area contributed by atoms with E-state index in [0.717, 1.165) is 0 Å². The van der Waals surface area contributed by atoms with E-state index >= 15 is 0 Å². The van der Waals surface area contributed by atoms with Crippen molar-refractivity contribution in [2.45, 2.75) is 12.8 Å².